The quantitative estimate of drug-likeness (QED) is 0.754. The zero-order chi connectivity index (χ0) is 17.6. The van der Waals surface area contributed by atoms with Crippen molar-refractivity contribution in [3.05, 3.63) is 29.8 Å². The van der Waals surface area contributed by atoms with Crippen LogP contribution in [0.25, 0.3) is 0 Å². The number of piperidine rings is 1. The first-order valence-electron chi connectivity index (χ1n) is 8.33. The molecule has 0 aromatic heterocycles. The second-order valence-corrected chi connectivity index (χ2v) is 6.53. The van der Waals surface area contributed by atoms with E-state index in [0.29, 0.717) is 39.1 Å². The second-order valence-electron chi connectivity index (χ2n) is 6.53. The lowest BCUT2D eigenvalue weighted by Crippen LogP contribution is -2.51. The molecule has 25 heavy (non-hydrogen) atoms. The van der Waals surface area contributed by atoms with Gasteiger partial charge in [-0.15, -0.1) is 0 Å². The normalized spacial score (nSPS) is 26.8. The van der Waals surface area contributed by atoms with E-state index >= 15 is 0 Å². The van der Waals surface area contributed by atoms with Crippen LogP contribution in [0.5, 0.6) is 0 Å². The molecule has 3 aliphatic rings. The van der Waals surface area contributed by atoms with Crippen LogP contribution in [-0.4, -0.2) is 54.8 Å². The topological polar surface area (TPSA) is 59.1 Å². The molecule has 8 heteroatoms. The first kappa shape index (κ1) is 16.6. The molecule has 3 saturated heterocycles. The van der Waals surface area contributed by atoms with E-state index in [-0.39, 0.29) is 12.1 Å². The summed E-state index contributed by atoms with van der Waals surface area (Å²) in [6.07, 6.45) is 1.30. The van der Waals surface area contributed by atoms with Crippen LogP contribution in [0.3, 0.4) is 0 Å². The van der Waals surface area contributed by atoms with Crippen LogP contribution in [0.1, 0.15) is 19.3 Å². The fourth-order valence-electron chi connectivity index (χ4n) is 3.76. The Balaban J connectivity index is 1.48. The summed E-state index contributed by atoms with van der Waals surface area (Å²) in [5, 5.41) is 0. The van der Waals surface area contributed by atoms with E-state index in [1.165, 1.54) is 6.07 Å². The molecule has 1 spiro atoms. The highest BCUT2D eigenvalue weighted by molar-refractivity contribution is 6.22. The van der Waals surface area contributed by atoms with Gasteiger partial charge in [0.1, 0.15) is 0 Å². The van der Waals surface area contributed by atoms with Crippen molar-refractivity contribution in [3.63, 3.8) is 0 Å². The molecule has 2 amide bonds. The standard InChI is InChI=1S/C17H18F2N2O4/c18-12-2-1-11(9-13(12)19)21-15(22)10-14(16(21)23)20-5-3-17(4-6-20)24-7-8-25-17/h1-2,9,14H,3-8,10H2/t14-/m0/s1. The van der Waals surface area contributed by atoms with Gasteiger partial charge in [0.2, 0.25) is 5.91 Å². The Morgan fingerprint density at radius 3 is 2.36 bits per heavy atom. The largest absolute Gasteiger partial charge is 0.347 e. The van der Waals surface area contributed by atoms with Crippen molar-refractivity contribution in [2.24, 2.45) is 0 Å². The maximum Gasteiger partial charge on any atom is 0.251 e. The van der Waals surface area contributed by atoms with Crippen molar-refractivity contribution >= 4 is 17.5 Å². The molecule has 0 saturated carbocycles. The van der Waals surface area contributed by atoms with Gasteiger partial charge in [0, 0.05) is 32.0 Å². The van der Waals surface area contributed by atoms with E-state index in [4.69, 9.17) is 9.47 Å². The predicted octanol–water partition coefficient (Wildman–Crippen LogP) is 1.44. The molecule has 0 bridgehead atoms. The zero-order valence-corrected chi connectivity index (χ0v) is 13.5. The van der Waals surface area contributed by atoms with E-state index in [1.54, 1.807) is 0 Å². The van der Waals surface area contributed by atoms with Gasteiger partial charge in [-0.05, 0) is 12.1 Å². The highest BCUT2D eigenvalue weighted by Crippen LogP contribution is 2.34. The highest BCUT2D eigenvalue weighted by atomic mass is 19.2. The third-order valence-corrected chi connectivity index (χ3v) is 5.10. The molecular formula is C17H18F2N2O4. The molecule has 1 atom stereocenters. The van der Waals surface area contributed by atoms with E-state index in [2.05, 4.69) is 0 Å². The summed E-state index contributed by atoms with van der Waals surface area (Å²) >= 11 is 0. The highest BCUT2D eigenvalue weighted by Gasteiger charge is 2.47. The molecule has 0 N–H and O–H groups in total. The number of hydrogen-bond acceptors (Lipinski definition) is 5. The van der Waals surface area contributed by atoms with Crippen LogP contribution >= 0.6 is 0 Å². The maximum absolute atomic E-state index is 13.4. The van der Waals surface area contributed by atoms with Crippen LogP contribution in [0.2, 0.25) is 0 Å². The Hall–Kier alpha value is -1.90. The summed E-state index contributed by atoms with van der Waals surface area (Å²) in [7, 11) is 0. The average Bonchev–Trinajstić information content (AvgIpc) is 3.16. The van der Waals surface area contributed by atoms with Crippen molar-refractivity contribution in [2.75, 3.05) is 31.2 Å². The van der Waals surface area contributed by atoms with Crippen molar-refractivity contribution < 1.29 is 27.8 Å². The van der Waals surface area contributed by atoms with Crippen molar-refractivity contribution in [1.82, 2.24) is 4.90 Å². The fraction of sp³-hybridized carbons (Fsp3) is 0.529. The summed E-state index contributed by atoms with van der Waals surface area (Å²) < 4.78 is 37.9. The lowest BCUT2D eigenvalue weighted by Gasteiger charge is -2.39. The smallest absolute Gasteiger partial charge is 0.251 e. The Labute approximate surface area is 143 Å². The monoisotopic (exact) mass is 352 g/mol. The number of likely N-dealkylation sites (tertiary alicyclic amines) is 1. The number of halogens is 2. The molecule has 1 aromatic rings. The minimum absolute atomic E-state index is 0.0343. The molecule has 4 rings (SSSR count). The molecule has 1 aromatic carbocycles. The molecule has 134 valence electrons. The number of anilines is 1. The van der Waals surface area contributed by atoms with Gasteiger partial charge in [-0.3, -0.25) is 14.5 Å². The number of rotatable bonds is 2. The van der Waals surface area contributed by atoms with Crippen molar-refractivity contribution in [3.8, 4) is 0 Å². The van der Waals surface area contributed by atoms with Crippen LogP contribution in [0.4, 0.5) is 14.5 Å². The van der Waals surface area contributed by atoms with Crippen LogP contribution in [0.15, 0.2) is 18.2 Å². The summed E-state index contributed by atoms with van der Waals surface area (Å²) in [5.74, 6) is -3.47. The Morgan fingerprint density at radius 2 is 1.72 bits per heavy atom. The number of ether oxygens (including phenoxy) is 2. The zero-order valence-electron chi connectivity index (χ0n) is 13.5. The maximum atomic E-state index is 13.4. The lowest BCUT2D eigenvalue weighted by molar-refractivity contribution is -0.188. The minimum atomic E-state index is -1.09. The first-order valence-corrected chi connectivity index (χ1v) is 8.33. The number of carbonyl (C=O) groups is 2. The van der Waals surface area contributed by atoms with Gasteiger partial charge in [-0.2, -0.15) is 0 Å². The van der Waals surface area contributed by atoms with E-state index in [0.717, 1.165) is 17.0 Å². The van der Waals surface area contributed by atoms with Gasteiger partial charge >= 0.3 is 0 Å². The number of benzene rings is 1. The van der Waals surface area contributed by atoms with Gasteiger partial charge in [0.05, 0.1) is 31.4 Å². The van der Waals surface area contributed by atoms with Crippen LogP contribution < -0.4 is 4.90 Å². The van der Waals surface area contributed by atoms with Gasteiger partial charge < -0.3 is 9.47 Å². The molecule has 0 aliphatic carbocycles. The first-order chi connectivity index (χ1) is 12.0. The van der Waals surface area contributed by atoms with E-state index in [9.17, 15) is 18.4 Å². The Morgan fingerprint density at radius 1 is 1.04 bits per heavy atom. The van der Waals surface area contributed by atoms with Gasteiger partial charge in [0.15, 0.2) is 17.4 Å². The summed E-state index contributed by atoms with van der Waals surface area (Å²) in [6, 6.07) is 2.44. The second kappa shape index (κ2) is 6.12. The molecule has 0 radical (unpaired) electrons. The number of imide groups is 1. The Bertz CT molecular complexity index is 711. The number of carbonyl (C=O) groups excluding carboxylic acids is 2. The van der Waals surface area contributed by atoms with Crippen LogP contribution in [0, 0.1) is 11.6 Å². The molecule has 3 fully saturated rings. The molecule has 0 unspecified atom stereocenters. The average molecular weight is 352 g/mol. The van der Waals surface area contributed by atoms with Crippen molar-refractivity contribution in [2.45, 2.75) is 31.1 Å². The summed E-state index contributed by atoms with van der Waals surface area (Å²) in [5.41, 5.74) is 0.0624. The van der Waals surface area contributed by atoms with Gasteiger partial charge in [0.25, 0.3) is 5.91 Å². The van der Waals surface area contributed by atoms with E-state index < -0.39 is 35.3 Å². The Kier molecular flexibility index (Phi) is 4.05. The minimum Gasteiger partial charge on any atom is -0.347 e. The molecule has 3 aliphatic heterocycles. The lowest BCUT2D eigenvalue weighted by atomic mass is 10.0. The number of nitrogens with zero attached hydrogens (tertiary/aromatic N) is 2. The van der Waals surface area contributed by atoms with Gasteiger partial charge in [-0.1, -0.05) is 0 Å². The van der Waals surface area contributed by atoms with Gasteiger partial charge in [-0.25, -0.2) is 13.7 Å². The number of amides is 2. The molecule has 6 nitrogen and oxygen atoms in total. The van der Waals surface area contributed by atoms with Crippen LogP contribution in [-0.2, 0) is 19.1 Å². The molecular weight excluding hydrogens is 334 g/mol. The predicted molar refractivity (Wildman–Crippen MR) is 82.7 cm³/mol. The molecule has 3 heterocycles. The summed E-state index contributed by atoms with van der Waals surface area (Å²) in [6.45, 7) is 2.31. The van der Waals surface area contributed by atoms with E-state index in [1.807, 2.05) is 4.90 Å². The van der Waals surface area contributed by atoms with Crippen molar-refractivity contribution in [1.29, 1.82) is 0 Å². The fourth-order valence-corrected chi connectivity index (χ4v) is 3.76. The third-order valence-electron chi connectivity index (χ3n) is 5.10. The third kappa shape index (κ3) is 2.84. The number of hydrogen-bond donors (Lipinski definition) is 0. The summed E-state index contributed by atoms with van der Waals surface area (Å²) in [4.78, 5) is 27.9. The SMILES string of the molecule is O=C1C[C@H](N2CCC3(CC2)OCCO3)C(=O)N1c1ccc(F)c(F)c1.